The summed E-state index contributed by atoms with van der Waals surface area (Å²) < 4.78 is 78.3. The first-order valence-corrected chi connectivity index (χ1v) is 26.6. The number of nitrogens with one attached hydrogen (secondary N) is 4. The molecule has 2 saturated heterocycles. The van der Waals surface area contributed by atoms with Gasteiger partial charge in [0.05, 0.1) is 64.9 Å². The summed E-state index contributed by atoms with van der Waals surface area (Å²) in [5, 5.41) is 23.1. The monoisotopic (exact) mass is 1060 g/mol. The molecule has 416 valence electrons. The average molecular weight is 1060 g/mol. The van der Waals surface area contributed by atoms with E-state index in [0.717, 1.165) is 95.2 Å². The van der Waals surface area contributed by atoms with Crippen molar-refractivity contribution in [1.82, 2.24) is 19.6 Å². The van der Waals surface area contributed by atoms with E-state index in [1.54, 1.807) is 28.1 Å². The molecule has 0 aromatic heterocycles. The molecule has 8 N–H and O–H groups in total. The van der Waals surface area contributed by atoms with Gasteiger partial charge in [0.15, 0.2) is 0 Å². The van der Waals surface area contributed by atoms with E-state index in [0.29, 0.717) is 60.6 Å². The van der Waals surface area contributed by atoms with Crippen LogP contribution >= 0.6 is 0 Å². The normalized spacial score (nSPS) is 21.8. The molecule has 0 spiro atoms. The molecular formula is C58H82F4N10O4. The summed E-state index contributed by atoms with van der Waals surface area (Å²) in [6.45, 7) is 12.2. The van der Waals surface area contributed by atoms with E-state index < -0.39 is 11.3 Å². The fraction of sp³-hybridized carbons (Fsp3) is 0.552. The summed E-state index contributed by atoms with van der Waals surface area (Å²) in [6, 6.07) is 19.8. The summed E-state index contributed by atoms with van der Waals surface area (Å²) >= 11 is 0. The zero-order valence-electron chi connectivity index (χ0n) is 45.8. The Labute approximate surface area is 447 Å². The number of halogens is 4. The number of fused-ring (bicyclic) bond motifs is 2. The molecule has 0 aliphatic carbocycles. The molecule has 0 unspecified atom stereocenters. The first-order valence-electron chi connectivity index (χ1n) is 26.6. The van der Waals surface area contributed by atoms with Crippen LogP contribution in [-0.2, 0) is 22.3 Å². The maximum absolute atomic E-state index is 15.6. The number of hydrogen-bond acceptors (Lipinski definition) is 14. The first kappa shape index (κ1) is 58.2. The number of alkyl halides is 4. The Balaban J connectivity index is 0.000000221. The molecule has 76 heavy (non-hydrogen) atoms. The third kappa shape index (κ3) is 13.4. The minimum absolute atomic E-state index is 0.00674. The van der Waals surface area contributed by atoms with Crippen LogP contribution in [-0.4, -0.2) is 175 Å². The maximum atomic E-state index is 15.6. The SMILES string of the molecule is COC[C@@](C)(F)CN1[C@H](c2ccc(NC3CN(CCCF)C3)cc2OC)c2ccc(N)c(C=N)c2C[C@H]1C.COC[C@](C)(F)CN1[C@H](c2ccc(NC3CN(CCCF)C3)cc2OC)c2ccc(N)c(C=N)c2C[C@H]1C. The Morgan fingerprint density at radius 2 is 0.974 bits per heavy atom. The van der Waals surface area contributed by atoms with Crippen LogP contribution in [0, 0.1) is 10.8 Å². The van der Waals surface area contributed by atoms with E-state index in [1.807, 2.05) is 60.7 Å². The van der Waals surface area contributed by atoms with Gasteiger partial charge in [-0.3, -0.25) is 28.4 Å². The fourth-order valence-corrected chi connectivity index (χ4v) is 11.8. The van der Waals surface area contributed by atoms with Crippen molar-refractivity contribution in [2.24, 2.45) is 0 Å². The van der Waals surface area contributed by atoms with Crippen LogP contribution < -0.4 is 31.6 Å². The van der Waals surface area contributed by atoms with Gasteiger partial charge >= 0.3 is 0 Å². The topological polar surface area (TPSA) is 174 Å². The number of rotatable bonds is 24. The number of nitrogens with zero attached hydrogens (tertiary/aromatic N) is 4. The lowest BCUT2D eigenvalue weighted by atomic mass is 9.81. The summed E-state index contributed by atoms with van der Waals surface area (Å²) in [6.07, 6.45) is 5.09. The highest BCUT2D eigenvalue weighted by molar-refractivity contribution is 5.89. The van der Waals surface area contributed by atoms with Crippen LogP contribution in [0.4, 0.5) is 40.3 Å². The van der Waals surface area contributed by atoms with E-state index in [-0.39, 0.29) is 63.8 Å². The van der Waals surface area contributed by atoms with Crippen LogP contribution in [0.2, 0.25) is 0 Å². The third-order valence-electron chi connectivity index (χ3n) is 15.4. The van der Waals surface area contributed by atoms with Crippen molar-refractivity contribution >= 4 is 35.2 Å². The summed E-state index contributed by atoms with van der Waals surface area (Å²) in [5.41, 5.74) is 19.8. The van der Waals surface area contributed by atoms with Crippen LogP contribution in [0.3, 0.4) is 0 Å². The Hall–Kier alpha value is -5.50. The molecular weight excluding hydrogens is 977 g/mol. The molecule has 4 aliphatic rings. The highest BCUT2D eigenvalue weighted by atomic mass is 19.1. The van der Waals surface area contributed by atoms with Gasteiger partial charge in [0.1, 0.15) is 22.8 Å². The smallest absolute Gasteiger partial charge is 0.144 e. The van der Waals surface area contributed by atoms with Crippen molar-refractivity contribution in [2.45, 2.75) is 101 Å². The third-order valence-corrected chi connectivity index (χ3v) is 15.4. The number of methoxy groups -OCH3 is 4. The van der Waals surface area contributed by atoms with Crippen molar-refractivity contribution < 1.29 is 36.5 Å². The Kier molecular flexibility index (Phi) is 19.7. The predicted molar refractivity (Wildman–Crippen MR) is 299 cm³/mol. The lowest BCUT2D eigenvalue weighted by molar-refractivity contribution is 0.00190. The number of likely N-dealkylation sites (tertiary alicyclic amines) is 2. The lowest BCUT2D eigenvalue weighted by Crippen LogP contribution is -2.54. The summed E-state index contributed by atoms with van der Waals surface area (Å²) in [7, 11) is 6.33. The van der Waals surface area contributed by atoms with Gasteiger partial charge in [-0.2, -0.15) is 0 Å². The van der Waals surface area contributed by atoms with Gasteiger partial charge in [-0.1, -0.05) is 24.3 Å². The number of benzene rings is 4. The second kappa shape index (κ2) is 25.8. The number of ether oxygens (including phenoxy) is 4. The highest BCUT2D eigenvalue weighted by Crippen LogP contribution is 2.47. The fourth-order valence-electron chi connectivity index (χ4n) is 11.8. The van der Waals surface area contributed by atoms with Gasteiger partial charge in [0.2, 0.25) is 0 Å². The molecule has 4 aliphatic heterocycles. The molecule has 0 bridgehead atoms. The molecule has 18 heteroatoms. The molecule has 4 heterocycles. The first-order chi connectivity index (χ1) is 36.4. The quantitative estimate of drug-likeness (QED) is 0.0224. The Morgan fingerprint density at radius 1 is 0.605 bits per heavy atom. The van der Waals surface area contributed by atoms with Crippen molar-refractivity contribution in [3.63, 3.8) is 0 Å². The summed E-state index contributed by atoms with van der Waals surface area (Å²) in [5.74, 6) is 1.42. The molecule has 4 aromatic rings. The number of hydrogen-bond donors (Lipinski definition) is 6. The zero-order chi connectivity index (χ0) is 54.9. The van der Waals surface area contributed by atoms with Gasteiger partial charge < -0.3 is 51.9 Å². The Bertz CT molecular complexity index is 2420. The second-order valence-corrected chi connectivity index (χ2v) is 21.7. The van der Waals surface area contributed by atoms with Crippen LogP contribution in [0.5, 0.6) is 11.5 Å². The number of nitrogen functional groups attached to an aromatic ring is 2. The molecule has 4 aromatic carbocycles. The van der Waals surface area contributed by atoms with Crippen molar-refractivity contribution in [3.05, 3.63) is 105 Å². The van der Waals surface area contributed by atoms with Crippen LogP contribution in [0.1, 0.15) is 97.1 Å². The van der Waals surface area contributed by atoms with E-state index in [2.05, 4.69) is 44.1 Å². The average Bonchev–Trinajstić information content (AvgIpc) is 3.36. The van der Waals surface area contributed by atoms with Crippen LogP contribution in [0.15, 0.2) is 60.7 Å². The largest absolute Gasteiger partial charge is 0.496 e. The molecule has 0 radical (unpaired) electrons. The Morgan fingerprint density at radius 3 is 1.30 bits per heavy atom. The number of anilines is 4. The van der Waals surface area contributed by atoms with Gasteiger partial charge in [-0.25, -0.2) is 8.78 Å². The van der Waals surface area contributed by atoms with Gasteiger partial charge in [-0.15, -0.1) is 0 Å². The number of nitrogens with two attached hydrogens (primary N) is 2. The van der Waals surface area contributed by atoms with Gasteiger partial charge in [-0.05, 0) is 99.9 Å². The van der Waals surface area contributed by atoms with E-state index in [9.17, 15) is 8.78 Å². The molecule has 8 rings (SSSR count). The lowest BCUT2D eigenvalue weighted by Gasteiger charge is -2.45. The van der Waals surface area contributed by atoms with Gasteiger partial charge in [0.25, 0.3) is 0 Å². The summed E-state index contributed by atoms with van der Waals surface area (Å²) in [4.78, 5) is 8.82. The second-order valence-electron chi connectivity index (χ2n) is 21.7. The molecule has 0 saturated carbocycles. The minimum Gasteiger partial charge on any atom is -0.496 e. The van der Waals surface area contributed by atoms with Crippen molar-refractivity contribution in [2.75, 3.05) is 129 Å². The molecule has 2 fully saturated rings. The van der Waals surface area contributed by atoms with E-state index >= 15 is 8.78 Å². The minimum atomic E-state index is -1.55. The zero-order valence-corrected chi connectivity index (χ0v) is 45.8. The van der Waals surface area contributed by atoms with Crippen molar-refractivity contribution in [3.8, 4) is 11.5 Å². The van der Waals surface area contributed by atoms with Gasteiger partial charge in [0, 0.05) is 148 Å². The van der Waals surface area contributed by atoms with Crippen LogP contribution in [0.25, 0.3) is 0 Å². The van der Waals surface area contributed by atoms with E-state index in [4.69, 9.17) is 41.2 Å². The predicted octanol–water partition coefficient (Wildman–Crippen LogP) is 8.88. The highest BCUT2D eigenvalue weighted by Gasteiger charge is 2.42. The molecule has 14 nitrogen and oxygen atoms in total. The molecule has 0 amide bonds. The standard InChI is InChI=1S/2C29H41F2N5O2/c2*1-19-12-24-22(8-9-26(33)25(24)14-32)28(36(19)17-29(2,31)18-37-3)23-7-6-20(13-27(23)38-4)34-21-15-35(16-21)11-5-10-30/h2*6-9,13-14,19,21,28,32,34H,5,10-12,15-18,33H2,1-4H3/t19-,28+,29+;19-,28+,29-/m11/s1. The molecule has 6 atom stereocenters. The van der Waals surface area contributed by atoms with E-state index in [1.165, 1.54) is 26.6 Å². The maximum Gasteiger partial charge on any atom is 0.144 e. The van der Waals surface area contributed by atoms with Crippen molar-refractivity contribution in [1.29, 1.82) is 10.8 Å².